The third kappa shape index (κ3) is 2.45. The Kier molecular flexibility index (Phi) is 4.07. The van der Waals surface area contributed by atoms with Crippen LogP contribution in [0.4, 0.5) is 0 Å². The van der Waals surface area contributed by atoms with Crippen LogP contribution < -0.4 is 11.2 Å². The van der Waals surface area contributed by atoms with E-state index in [0.29, 0.717) is 18.4 Å². The fourth-order valence-electron chi connectivity index (χ4n) is 2.57. The second kappa shape index (κ2) is 5.44. The molecule has 1 heterocycles. The van der Waals surface area contributed by atoms with E-state index in [2.05, 4.69) is 20.9 Å². The third-order valence-corrected chi connectivity index (χ3v) is 3.88. The average molecular weight is 331 g/mol. The molecular formula is C12H15BrN2O4. The normalized spacial score (nSPS) is 26.6. The number of rotatable bonds is 4. The third-order valence-electron chi connectivity index (χ3n) is 3.61. The van der Waals surface area contributed by atoms with Gasteiger partial charge in [0, 0.05) is 12.8 Å². The number of aromatic amines is 1. The number of nitrogens with zero attached hydrogens (tertiary/aromatic N) is 1. The Morgan fingerprint density at radius 2 is 2.16 bits per heavy atom. The fourth-order valence-corrected chi connectivity index (χ4v) is 2.86. The van der Waals surface area contributed by atoms with Crippen molar-refractivity contribution in [2.24, 2.45) is 5.92 Å². The minimum atomic E-state index is -0.719. The van der Waals surface area contributed by atoms with Gasteiger partial charge < -0.3 is 10.2 Å². The Bertz CT molecular complexity index is 598. The molecule has 1 fully saturated rings. The molecule has 1 aromatic rings. The van der Waals surface area contributed by atoms with E-state index in [1.165, 1.54) is 21.8 Å². The highest BCUT2D eigenvalue weighted by Gasteiger charge is 2.45. The molecule has 7 heteroatoms. The molecule has 0 radical (unpaired) electrons. The lowest BCUT2D eigenvalue weighted by atomic mass is 9.68. The molecule has 2 rings (SSSR count). The molecule has 0 saturated heterocycles. The fraction of sp³-hybridized carbons (Fsp3) is 0.500. The van der Waals surface area contributed by atoms with Crippen LogP contribution in [-0.2, 0) is 5.54 Å². The van der Waals surface area contributed by atoms with Gasteiger partial charge in [-0.15, -0.1) is 0 Å². The Morgan fingerprint density at radius 1 is 1.47 bits per heavy atom. The summed E-state index contributed by atoms with van der Waals surface area (Å²) in [4.78, 5) is 27.2. The van der Waals surface area contributed by atoms with Crippen LogP contribution in [0.2, 0.25) is 0 Å². The van der Waals surface area contributed by atoms with Crippen LogP contribution >= 0.6 is 15.9 Å². The first kappa shape index (κ1) is 14.2. The summed E-state index contributed by atoms with van der Waals surface area (Å²) < 4.78 is 1.36. The van der Waals surface area contributed by atoms with Crippen molar-refractivity contribution in [3.8, 4) is 0 Å². The summed E-state index contributed by atoms with van der Waals surface area (Å²) in [6.45, 7) is -0.166. The van der Waals surface area contributed by atoms with Gasteiger partial charge in [0.25, 0.3) is 5.56 Å². The Hall–Kier alpha value is -1.18. The number of aliphatic hydroxyl groups excluding tert-OH is 2. The van der Waals surface area contributed by atoms with E-state index in [0.717, 1.165) is 0 Å². The van der Waals surface area contributed by atoms with Gasteiger partial charge in [-0.05, 0) is 29.8 Å². The highest BCUT2D eigenvalue weighted by Crippen LogP contribution is 2.42. The molecule has 0 amide bonds. The maximum atomic E-state index is 11.9. The van der Waals surface area contributed by atoms with Crippen LogP contribution in [0.5, 0.6) is 0 Å². The monoisotopic (exact) mass is 330 g/mol. The molecule has 0 atom stereocenters. The summed E-state index contributed by atoms with van der Waals surface area (Å²) in [5.74, 6) is 0.0844. The van der Waals surface area contributed by atoms with Gasteiger partial charge in [-0.25, -0.2) is 4.79 Å². The van der Waals surface area contributed by atoms with E-state index in [1.807, 2.05) is 0 Å². The number of hydrogen-bond donors (Lipinski definition) is 3. The highest BCUT2D eigenvalue weighted by molar-refractivity contribution is 9.11. The largest absolute Gasteiger partial charge is 0.396 e. The molecule has 0 aliphatic heterocycles. The smallest absolute Gasteiger partial charge is 0.328 e. The van der Waals surface area contributed by atoms with Gasteiger partial charge in [0.15, 0.2) is 0 Å². The van der Waals surface area contributed by atoms with E-state index in [1.54, 1.807) is 0 Å². The van der Waals surface area contributed by atoms with Crippen LogP contribution in [0.15, 0.2) is 20.8 Å². The van der Waals surface area contributed by atoms with E-state index in [9.17, 15) is 14.7 Å². The molecule has 19 heavy (non-hydrogen) atoms. The molecule has 104 valence electrons. The molecule has 1 aromatic heterocycles. The summed E-state index contributed by atoms with van der Waals surface area (Å²) in [5.41, 5.74) is -1.40. The molecule has 0 spiro atoms. The molecule has 0 unspecified atom stereocenters. The standard InChI is InChI=1S/C12H15BrN2O4/c13-2-1-9-5-15(11(19)14-10(9)18)12(7-17)3-8(4-12)6-16/h1-2,5,8,16-17H,3-4,6-7H2,(H,14,18,19)/b2-1+/t8-,12+. The van der Waals surface area contributed by atoms with Gasteiger partial charge in [0.1, 0.15) is 0 Å². The van der Waals surface area contributed by atoms with E-state index in [-0.39, 0.29) is 19.1 Å². The van der Waals surface area contributed by atoms with Crippen LogP contribution in [0.3, 0.4) is 0 Å². The average Bonchev–Trinajstić information content (AvgIpc) is 2.34. The first-order valence-electron chi connectivity index (χ1n) is 5.91. The molecule has 0 aromatic carbocycles. The predicted octanol–water partition coefficient (Wildman–Crippen LogP) is -0.00790. The van der Waals surface area contributed by atoms with Crippen molar-refractivity contribution >= 4 is 22.0 Å². The minimum Gasteiger partial charge on any atom is -0.396 e. The van der Waals surface area contributed by atoms with Crippen molar-refractivity contribution in [2.75, 3.05) is 13.2 Å². The summed E-state index contributed by atoms with van der Waals surface area (Å²) in [7, 11) is 0. The number of hydrogen-bond acceptors (Lipinski definition) is 4. The Balaban J connectivity index is 2.47. The number of H-pyrrole nitrogens is 1. The molecule has 1 saturated carbocycles. The lowest BCUT2D eigenvalue weighted by Gasteiger charge is -2.47. The van der Waals surface area contributed by atoms with Crippen LogP contribution in [0.25, 0.3) is 6.08 Å². The quantitative estimate of drug-likeness (QED) is 0.723. The van der Waals surface area contributed by atoms with Crippen LogP contribution in [0, 0.1) is 5.92 Å². The topological polar surface area (TPSA) is 95.3 Å². The van der Waals surface area contributed by atoms with Crippen LogP contribution in [0.1, 0.15) is 18.4 Å². The first-order chi connectivity index (χ1) is 9.06. The Morgan fingerprint density at radius 3 is 2.68 bits per heavy atom. The van der Waals surface area contributed by atoms with E-state index < -0.39 is 16.8 Å². The lowest BCUT2D eigenvalue weighted by Crippen LogP contribution is -2.55. The number of aliphatic hydroxyl groups is 2. The molecular weight excluding hydrogens is 316 g/mol. The minimum absolute atomic E-state index is 0.0357. The molecule has 6 nitrogen and oxygen atoms in total. The summed E-state index contributed by atoms with van der Waals surface area (Å²) in [6, 6.07) is 0. The Labute approximate surface area is 117 Å². The van der Waals surface area contributed by atoms with Gasteiger partial charge in [-0.1, -0.05) is 15.9 Å². The number of nitrogens with one attached hydrogen (secondary N) is 1. The van der Waals surface area contributed by atoms with Crippen molar-refractivity contribution in [2.45, 2.75) is 18.4 Å². The summed E-state index contributed by atoms with van der Waals surface area (Å²) in [6.07, 6.45) is 4.01. The van der Waals surface area contributed by atoms with Crippen LogP contribution in [-0.4, -0.2) is 33.0 Å². The van der Waals surface area contributed by atoms with Crippen molar-refractivity contribution in [1.29, 1.82) is 0 Å². The van der Waals surface area contributed by atoms with E-state index in [4.69, 9.17) is 5.11 Å². The lowest BCUT2D eigenvalue weighted by molar-refractivity contribution is -0.0200. The van der Waals surface area contributed by atoms with Crippen molar-refractivity contribution in [1.82, 2.24) is 9.55 Å². The van der Waals surface area contributed by atoms with Gasteiger partial charge in [-0.2, -0.15) is 0 Å². The zero-order valence-corrected chi connectivity index (χ0v) is 11.8. The van der Waals surface area contributed by atoms with Gasteiger partial charge in [0.05, 0.1) is 17.7 Å². The van der Waals surface area contributed by atoms with Gasteiger partial charge >= 0.3 is 5.69 Å². The number of halogens is 1. The second-order valence-electron chi connectivity index (χ2n) is 4.85. The zero-order chi connectivity index (χ0) is 14.0. The number of aromatic nitrogens is 2. The maximum Gasteiger partial charge on any atom is 0.328 e. The molecule has 0 bridgehead atoms. The van der Waals surface area contributed by atoms with Crippen molar-refractivity contribution in [3.63, 3.8) is 0 Å². The second-order valence-corrected chi connectivity index (χ2v) is 5.37. The molecule has 1 aliphatic rings. The van der Waals surface area contributed by atoms with Gasteiger partial charge in [-0.3, -0.25) is 14.3 Å². The maximum absolute atomic E-state index is 11.9. The van der Waals surface area contributed by atoms with Crippen molar-refractivity contribution < 1.29 is 10.2 Å². The molecule has 3 N–H and O–H groups in total. The molecule has 1 aliphatic carbocycles. The predicted molar refractivity (Wildman–Crippen MR) is 74.2 cm³/mol. The SMILES string of the molecule is O=c1[nH]c(=O)n([C@]2(CO)C[C@H](CO)C2)cc1/C=C/Br. The zero-order valence-electron chi connectivity index (χ0n) is 10.2. The van der Waals surface area contributed by atoms with Crippen molar-refractivity contribution in [3.05, 3.63) is 37.6 Å². The summed E-state index contributed by atoms with van der Waals surface area (Å²) >= 11 is 3.08. The first-order valence-corrected chi connectivity index (χ1v) is 6.83. The van der Waals surface area contributed by atoms with Gasteiger partial charge in [0.2, 0.25) is 0 Å². The highest BCUT2D eigenvalue weighted by atomic mass is 79.9. The summed E-state index contributed by atoms with van der Waals surface area (Å²) in [5, 5.41) is 18.6. The van der Waals surface area contributed by atoms with E-state index >= 15 is 0 Å².